The third-order valence-corrected chi connectivity index (χ3v) is 1.88. The Morgan fingerprint density at radius 3 is 2.92 bits per heavy atom. The standard InChI is InChI=1S/C8H8FN3/c1-12-8-5(4-11-12)6(9)2-3-7(8)10/h2-4H,10H2,1H3. The van der Waals surface area contributed by atoms with Gasteiger partial charge in [-0.3, -0.25) is 4.68 Å². The SMILES string of the molecule is Cn1ncc2c(F)ccc(N)c21. The number of rotatable bonds is 0. The summed E-state index contributed by atoms with van der Waals surface area (Å²) in [5, 5.41) is 4.38. The number of nitrogens with zero attached hydrogens (tertiary/aromatic N) is 2. The van der Waals surface area contributed by atoms with Crippen LogP contribution in [0.2, 0.25) is 0 Å². The second-order valence-electron chi connectivity index (χ2n) is 2.67. The maximum absolute atomic E-state index is 13.1. The Kier molecular flexibility index (Phi) is 1.30. The molecule has 1 aromatic heterocycles. The zero-order valence-corrected chi connectivity index (χ0v) is 6.58. The second kappa shape index (κ2) is 2.20. The number of hydrogen-bond acceptors (Lipinski definition) is 2. The van der Waals surface area contributed by atoms with Gasteiger partial charge in [-0.25, -0.2) is 4.39 Å². The molecule has 1 heterocycles. The minimum Gasteiger partial charge on any atom is -0.397 e. The molecule has 0 aliphatic carbocycles. The van der Waals surface area contributed by atoms with Crippen LogP contribution in [0, 0.1) is 5.82 Å². The van der Waals surface area contributed by atoms with Gasteiger partial charge in [-0.05, 0) is 12.1 Å². The number of nitrogen functional groups attached to an aromatic ring is 1. The highest BCUT2D eigenvalue weighted by Gasteiger charge is 2.07. The Balaban J connectivity index is 2.98. The van der Waals surface area contributed by atoms with Crippen LogP contribution in [0.1, 0.15) is 0 Å². The molecule has 2 aromatic rings. The third-order valence-electron chi connectivity index (χ3n) is 1.88. The van der Waals surface area contributed by atoms with Crippen LogP contribution in [0.5, 0.6) is 0 Å². The molecule has 4 heteroatoms. The monoisotopic (exact) mass is 165 g/mol. The molecule has 0 atom stereocenters. The zero-order chi connectivity index (χ0) is 8.72. The summed E-state index contributed by atoms with van der Waals surface area (Å²) < 4.78 is 14.6. The van der Waals surface area contributed by atoms with Gasteiger partial charge in [0.15, 0.2) is 0 Å². The lowest BCUT2D eigenvalue weighted by Crippen LogP contribution is -1.94. The molecule has 0 radical (unpaired) electrons. The molecule has 0 fully saturated rings. The van der Waals surface area contributed by atoms with Crippen molar-refractivity contribution in [2.75, 3.05) is 5.73 Å². The first kappa shape index (κ1) is 7.09. The molecule has 3 nitrogen and oxygen atoms in total. The van der Waals surface area contributed by atoms with Gasteiger partial charge in [0.05, 0.1) is 22.8 Å². The van der Waals surface area contributed by atoms with Gasteiger partial charge in [0.2, 0.25) is 0 Å². The quantitative estimate of drug-likeness (QED) is 0.598. The van der Waals surface area contributed by atoms with E-state index in [0.717, 1.165) is 0 Å². The van der Waals surface area contributed by atoms with Crippen molar-refractivity contribution < 1.29 is 4.39 Å². The second-order valence-corrected chi connectivity index (χ2v) is 2.67. The molecular formula is C8H8FN3. The van der Waals surface area contributed by atoms with E-state index in [-0.39, 0.29) is 5.82 Å². The van der Waals surface area contributed by atoms with Crippen LogP contribution in [0.4, 0.5) is 10.1 Å². The van der Waals surface area contributed by atoms with E-state index in [2.05, 4.69) is 5.10 Å². The number of benzene rings is 1. The van der Waals surface area contributed by atoms with Crippen LogP contribution in [0.25, 0.3) is 10.9 Å². The minimum absolute atomic E-state index is 0.285. The van der Waals surface area contributed by atoms with Crippen LogP contribution < -0.4 is 5.73 Å². The predicted molar refractivity (Wildman–Crippen MR) is 45.1 cm³/mol. The molecule has 2 rings (SSSR count). The summed E-state index contributed by atoms with van der Waals surface area (Å²) in [7, 11) is 1.73. The molecule has 0 saturated heterocycles. The lowest BCUT2D eigenvalue weighted by atomic mass is 10.2. The van der Waals surface area contributed by atoms with Crippen molar-refractivity contribution in [3.63, 3.8) is 0 Å². The molecule has 0 unspecified atom stereocenters. The number of aryl methyl sites for hydroxylation is 1. The zero-order valence-electron chi connectivity index (χ0n) is 6.58. The van der Waals surface area contributed by atoms with Crippen molar-refractivity contribution in [1.29, 1.82) is 0 Å². The number of hydrogen-bond donors (Lipinski definition) is 1. The number of aromatic nitrogens is 2. The fraction of sp³-hybridized carbons (Fsp3) is 0.125. The summed E-state index contributed by atoms with van der Waals surface area (Å²) >= 11 is 0. The number of halogens is 1. The molecule has 1 aromatic carbocycles. The van der Waals surface area contributed by atoms with Crippen molar-refractivity contribution >= 4 is 16.6 Å². The summed E-state index contributed by atoms with van der Waals surface area (Å²) in [6.07, 6.45) is 1.47. The van der Waals surface area contributed by atoms with Gasteiger partial charge < -0.3 is 5.73 Å². The summed E-state index contributed by atoms with van der Waals surface area (Å²) in [5.41, 5.74) is 6.84. The van der Waals surface area contributed by atoms with Crippen LogP contribution in [-0.4, -0.2) is 9.78 Å². The molecular weight excluding hydrogens is 157 g/mol. The summed E-state index contributed by atoms with van der Waals surface area (Å²) in [6, 6.07) is 2.89. The van der Waals surface area contributed by atoms with Crippen LogP contribution in [-0.2, 0) is 7.05 Å². The van der Waals surface area contributed by atoms with Crippen molar-refractivity contribution in [3.05, 3.63) is 24.1 Å². The molecule has 2 N–H and O–H groups in total. The molecule has 12 heavy (non-hydrogen) atoms. The van der Waals surface area contributed by atoms with Crippen molar-refractivity contribution in [3.8, 4) is 0 Å². The van der Waals surface area contributed by atoms with E-state index in [0.29, 0.717) is 16.6 Å². The number of anilines is 1. The Hall–Kier alpha value is -1.58. The average molecular weight is 165 g/mol. The van der Waals surface area contributed by atoms with E-state index in [1.54, 1.807) is 17.8 Å². The molecule has 0 bridgehead atoms. The van der Waals surface area contributed by atoms with Gasteiger partial charge in [-0.2, -0.15) is 5.10 Å². The predicted octanol–water partition coefficient (Wildman–Crippen LogP) is 1.29. The topological polar surface area (TPSA) is 43.8 Å². The van der Waals surface area contributed by atoms with Crippen molar-refractivity contribution in [2.24, 2.45) is 7.05 Å². The average Bonchev–Trinajstić information content (AvgIpc) is 2.42. The van der Waals surface area contributed by atoms with E-state index >= 15 is 0 Å². The van der Waals surface area contributed by atoms with E-state index < -0.39 is 0 Å². The Morgan fingerprint density at radius 2 is 2.25 bits per heavy atom. The van der Waals surface area contributed by atoms with Gasteiger partial charge >= 0.3 is 0 Å². The lowest BCUT2D eigenvalue weighted by Gasteiger charge is -1.98. The fourth-order valence-electron chi connectivity index (χ4n) is 1.29. The van der Waals surface area contributed by atoms with Crippen LogP contribution in [0.15, 0.2) is 18.3 Å². The van der Waals surface area contributed by atoms with Gasteiger partial charge in [0.1, 0.15) is 5.82 Å². The normalized spacial score (nSPS) is 10.8. The summed E-state index contributed by atoms with van der Waals surface area (Å²) in [5.74, 6) is -0.285. The van der Waals surface area contributed by atoms with Gasteiger partial charge in [-0.15, -0.1) is 0 Å². The molecule has 0 aliphatic rings. The van der Waals surface area contributed by atoms with Gasteiger partial charge in [0.25, 0.3) is 0 Å². The van der Waals surface area contributed by atoms with E-state index in [1.807, 2.05) is 0 Å². The maximum atomic E-state index is 13.1. The lowest BCUT2D eigenvalue weighted by molar-refractivity contribution is 0.640. The Morgan fingerprint density at radius 1 is 1.50 bits per heavy atom. The first-order valence-corrected chi connectivity index (χ1v) is 3.56. The first-order valence-electron chi connectivity index (χ1n) is 3.56. The number of nitrogens with two attached hydrogens (primary N) is 1. The molecule has 0 aliphatic heterocycles. The fourth-order valence-corrected chi connectivity index (χ4v) is 1.29. The smallest absolute Gasteiger partial charge is 0.134 e. The largest absolute Gasteiger partial charge is 0.397 e. The van der Waals surface area contributed by atoms with E-state index in [9.17, 15) is 4.39 Å². The Labute approximate surface area is 68.6 Å². The van der Waals surface area contributed by atoms with Gasteiger partial charge in [0, 0.05) is 7.05 Å². The molecule has 62 valence electrons. The maximum Gasteiger partial charge on any atom is 0.134 e. The molecule has 0 saturated carbocycles. The third kappa shape index (κ3) is 0.777. The van der Waals surface area contributed by atoms with Crippen molar-refractivity contribution in [1.82, 2.24) is 9.78 Å². The van der Waals surface area contributed by atoms with Crippen LogP contribution >= 0.6 is 0 Å². The van der Waals surface area contributed by atoms with Gasteiger partial charge in [-0.1, -0.05) is 0 Å². The first-order chi connectivity index (χ1) is 5.70. The summed E-state index contributed by atoms with van der Waals surface area (Å²) in [6.45, 7) is 0. The highest BCUT2D eigenvalue weighted by atomic mass is 19.1. The summed E-state index contributed by atoms with van der Waals surface area (Å²) in [4.78, 5) is 0. The minimum atomic E-state index is -0.285. The van der Waals surface area contributed by atoms with E-state index in [1.165, 1.54) is 12.3 Å². The highest BCUT2D eigenvalue weighted by Crippen LogP contribution is 2.22. The van der Waals surface area contributed by atoms with Crippen molar-refractivity contribution in [2.45, 2.75) is 0 Å². The Bertz CT molecular complexity index is 433. The molecule has 0 spiro atoms. The van der Waals surface area contributed by atoms with E-state index in [4.69, 9.17) is 5.73 Å². The highest BCUT2D eigenvalue weighted by molar-refractivity contribution is 5.89. The number of fused-ring (bicyclic) bond motifs is 1. The molecule has 0 amide bonds. The van der Waals surface area contributed by atoms with Crippen LogP contribution in [0.3, 0.4) is 0 Å².